The predicted octanol–water partition coefficient (Wildman–Crippen LogP) is 0.882. The molecule has 0 saturated heterocycles. The zero-order valence-electron chi connectivity index (χ0n) is 10.1. The highest BCUT2D eigenvalue weighted by molar-refractivity contribution is 5.80. The van der Waals surface area contributed by atoms with Crippen LogP contribution in [-0.2, 0) is 4.79 Å². The lowest BCUT2D eigenvalue weighted by molar-refractivity contribution is -0.122. The van der Waals surface area contributed by atoms with Gasteiger partial charge in [-0.2, -0.15) is 0 Å². The van der Waals surface area contributed by atoms with Crippen LogP contribution in [0.1, 0.15) is 44.9 Å². The Balaban J connectivity index is 1.89. The summed E-state index contributed by atoms with van der Waals surface area (Å²) in [4.78, 5) is 23.1. The van der Waals surface area contributed by atoms with Crippen molar-refractivity contribution in [2.24, 2.45) is 11.7 Å². The smallest absolute Gasteiger partial charge is 0.315 e. The third-order valence-corrected chi connectivity index (χ3v) is 3.61. The van der Waals surface area contributed by atoms with Gasteiger partial charge in [0, 0.05) is 12.1 Å². The summed E-state index contributed by atoms with van der Waals surface area (Å²) in [5.74, 6) is -0.494. The Labute approximate surface area is 102 Å². The number of hydrogen-bond acceptors (Lipinski definition) is 2. The van der Waals surface area contributed by atoms with Gasteiger partial charge in [-0.1, -0.05) is 19.3 Å². The molecule has 4 N–H and O–H groups in total. The van der Waals surface area contributed by atoms with Gasteiger partial charge in [-0.15, -0.1) is 0 Å². The van der Waals surface area contributed by atoms with Crippen molar-refractivity contribution in [1.82, 2.24) is 10.6 Å². The molecule has 96 valence electrons. The van der Waals surface area contributed by atoms with E-state index in [1.165, 1.54) is 0 Å². The normalized spacial score (nSPS) is 29.2. The Morgan fingerprint density at radius 1 is 0.941 bits per heavy atom. The SMILES string of the molecule is NC(=O)C1CCCCCC1NC(=O)NC1CC1. The van der Waals surface area contributed by atoms with Crippen LogP contribution in [0.25, 0.3) is 0 Å². The second-order valence-corrected chi connectivity index (χ2v) is 5.15. The first-order valence-corrected chi connectivity index (χ1v) is 6.53. The Hall–Kier alpha value is -1.26. The largest absolute Gasteiger partial charge is 0.369 e. The molecule has 2 atom stereocenters. The summed E-state index contributed by atoms with van der Waals surface area (Å²) in [6.07, 6.45) is 6.98. The van der Waals surface area contributed by atoms with E-state index in [2.05, 4.69) is 10.6 Å². The maximum Gasteiger partial charge on any atom is 0.315 e. The van der Waals surface area contributed by atoms with E-state index in [9.17, 15) is 9.59 Å². The molecule has 5 heteroatoms. The quantitative estimate of drug-likeness (QED) is 0.639. The van der Waals surface area contributed by atoms with Crippen LogP contribution in [-0.4, -0.2) is 24.0 Å². The molecule has 5 nitrogen and oxygen atoms in total. The van der Waals surface area contributed by atoms with Gasteiger partial charge in [0.1, 0.15) is 0 Å². The van der Waals surface area contributed by atoms with Crippen molar-refractivity contribution in [3.05, 3.63) is 0 Å². The number of nitrogens with two attached hydrogens (primary N) is 1. The third-order valence-electron chi connectivity index (χ3n) is 3.61. The summed E-state index contributed by atoms with van der Waals surface area (Å²) >= 11 is 0. The van der Waals surface area contributed by atoms with Gasteiger partial charge in [-0.05, 0) is 25.7 Å². The zero-order chi connectivity index (χ0) is 12.3. The Morgan fingerprint density at radius 2 is 1.65 bits per heavy atom. The molecule has 2 aliphatic carbocycles. The van der Waals surface area contributed by atoms with Crippen molar-refractivity contribution in [1.29, 1.82) is 0 Å². The van der Waals surface area contributed by atoms with Crippen molar-refractivity contribution < 1.29 is 9.59 Å². The van der Waals surface area contributed by atoms with Gasteiger partial charge in [-0.25, -0.2) is 4.79 Å². The topological polar surface area (TPSA) is 84.2 Å². The maximum absolute atomic E-state index is 11.7. The maximum atomic E-state index is 11.7. The fourth-order valence-electron chi connectivity index (χ4n) is 2.44. The van der Waals surface area contributed by atoms with Crippen molar-refractivity contribution in [2.75, 3.05) is 0 Å². The van der Waals surface area contributed by atoms with Gasteiger partial charge in [0.25, 0.3) is 0 Å². The van der Waals surface area contributed by atoms with Crippen LogP contribution in [0.15, 0.2) is 0 Å². The monoisotopic (exact) mass is 239 g/mol. The van der Waals surface area contributed by atoms with Crippen molar-refractivity contribution in [3.8, 4) is 0 Å². The molecule has 17 heavy (non-hydrogen) atoms. The van der Waals surface area contributed by atoms with Gasteiger partial charge in [-0.3, -0.25) is 4.79 Å². The summed E-state index contributed by atoms with van der Waals surface area (Å²) < 4.78 is 0. The van der Waals surface area contributed by atoms with E-state index in [0.29, 0.717) is 6.04 Å². The minimum atomic E-state index is -0.288. The summed E-state index contributed by atoms with van der Waals surface area (Å²) in [7, 11) is 0. The number of nitrogens with one attached hydrogen (secondary N) is 2. The Morgan fingerprint density at radius 3 is 2.29 bits per heavy atom. The first kappa shape index (κ1) is 12.2. The molecule has 0 bridgehead atoms. The van der Waals surface area contributed by atoms with Crippen LogP contribution in [0.5, 0.6) is 0 Å². The summed E-state index contributed by atoms with van der Waals surface area (Å²) in [6, 6.07) is 0.104. The second kappa shape index (κ2) is 5.38. The lowest BCUT2D eigenvalue weighted by Gasteiger charge is -2.23. The van der Waals surface area contributed by atoms with Gasteiger partial charge < -0.3 is 16.4 Å². The highest BCUT2D eigenvalue weighted by Gasteiger charge is 2.30. The number of carbonyl (C=O) groups is 2. The molecular weight excluding hydrogens is 218 g/mol. The minimum Gasteiger partial charge on any atom is -0.369 e. The van der Waals surface area contributed by atoms with Crippen LogP contribution in [0, 0.1) is 5.92 Å². The first-order valence-electron chi connectivity index (χ1n) is 6.53. The molecule has 3 amide bonds. The molecule has 2 aliphatic rings. The van der Waals surface area contributed by atoms with Gasteiger partial charge in [0.15, 0.2) is 0 Å². The molecule has 2 unspecified atom stereocenters. The average molecular weight is 239 g/mol. The fraction of sp³-hybridized carbons (Fsp3) is 0.833. The zero-order valence-corrected chi connectivity index (χ0v) is 10.1. The standard InChI is InChI=1S/C12H21N3O2/c13-11(16)9-4-2-1-3-5-10(9)15-12(17)14-8-6-7-8/h8-10H,1-7H2,(H2,13,16)(H2,14,15,17). The molecule has 2 rings (SSSR count). The Kier molecular flexibility index (Phi) is 3.86. The minimum absolute atomic E-state index is 0.0891. The summed E-state index contributed by atoms with van der Waals surface area (Å²) in [6.45, 7) is 0. The van der Waals surface area contributed by atoms with E-state index in [1.54, 1.807) is 0 Å². The van der Waals surface area contributed by atoms with E-state index in [4.69, 9.17) is 5.73 Å². The van der Waals surface area contributed by atoms with Crippen molar-refractivity contribution >= 4 is 11.9 Å². The second-order valence-electron chi connectivity index (χ2n) is 5.15. The van der Waals surface area contributed by atoms with E-state index in [-0.39, 0.29) is 23.9 Å². The molecule has 0 aliphatic heterocycles. The number of rotatable bonds is 3. The van der Waals surface area contributed by atoms with E-state index in [1.807, 2.05) is 0 Å². The molecule has 0 spiro atoms. The van der Waals surface area contributed by atoms with Crippen LogP contribution in [0.2, 0.25) is 0 Å². The highest BCUT2D eigenvalue weighted by Crippen LogP contribution is 2.24. The van der Waals surface area contributed by atoms with E-state index in [0.717, 1.165) is 44.9 Å². The number of carbonyl (C=O) groups excluding carboxylic acids is 2. The fourth-order valence-corrected chi connectivity index (χ4v) is 2.44. The van der Waals surface area contributed by atoms with Crippen LogP contribution >= 0.6 is 0 Å². The molecule has 0 aromatic carbocycles. The number of primary amides is 1. The molecular formula is C12H21N3O2. The molecule has 0 radical (unpaired) electrons. The van der Waals surface area contributed by atoms with Crippen LogP contribution in [0.3, 0.4) is 0 Å². The first-order chi connectivity index (χ1) is 8.16. The summed E-state index contributed by atoms with van der Waals surface area (Å²) in [5.41, 5.74) is 5.41. The number of amides is 3. The third kappa shape index (κ3) is 3.61. The number of hydrogen-bond donors (Lipinski definition) is 3. The average Bonchev–Trinajstić information content (AvgIpc) is 3.05. The molecule has 2 saturated carbocycles. The molecule has 0 aromatic heterocycles. The lowest BCUT2D eigenvalue weighted by atomic mass is 9.94. The van der Waals surface area contributed by atoms with Gasteiger partial charge >= 0.3 is 6.03 Å². The van der Waals surface area contributed by atoms with Crippen LogP contribution < -0.4 is 16.4 Å². The molecule has 2 fully saturated rings. The van der Waals surface area contributed by atoms with Crippen molar-refractivity contribution in [3.63, 3.8) is 0 Å². The molecule has 0 aromatic rings. The van der Waals surface area contributed by atoms with E-state index >= 15 is 0 Å². The van der Waals surface area contributed by atoms with Crippen molar-refractivity contribution in [2.45, 2.75) is 57.0 Å². The van der Waals surface area contributed by atoms with Gasteiger partial charge in [0.05, 0.1) is 5.92 Å². The lowest BCUT2D eigenvalue weighted by Crippen LogP contribution is -2.49. The Bertz CT molecular complexity index is 302. The van der Waals surface area contributed by atoms with Gasteiger partial charge in [0.2, 0.25) is 5.91 Å². The molecule has 0 heterocycles. The highest BCUT2D eigenvalue weighted by atomic mass is 16.2. The number of urea groups is 1. The van der Waals surface area contributed by atoms with Crippen LogP contribution in [0.4, 0.5) is 4.79 Å². The predicted molar refractivity (Wildman–Crippen MR) is 64.2 cm³/mol. The van der Waals surface area contributed by atoms with E-state index < -0.39 is 0 Å². The summed E-state index contributed by atoms with van der Waals surface area (Å²) in [5, 5.41) is 5.79.